The molecule has 2 aliphatic heterocycles. The van der Waals surface area contributed by atoms with E-state index >= 15 is 0 Å². The van der Waals surface area contributed by atoms with Crippen molar-refractivity contribution in [2.45, 2.75) is 128 Å². The van der Waals surface area contributed by atoms with Crippen molar-refractivity contribution in [3.05, 3.63) is 113 Å². The first kappa shape index (κ1) is 57.6. The Balaban J connectivity index is 0.861. The molecule has 19 nitrogen and oxygen atoms in total. The molecule has 81 heavy (non-hydrogen) atoms. The highest BCUT2D eigenvalue weighted by atomic mass is 32.1. The van der Waals surface area contributed by atoms with Gasteiger partial charge in [0.05, 0.1) is 44.7 Å². The van der Waals surface area contributed by atoms with Gasteiger partial charge in [0.15, 0.2) is 0 Å². The normalized spacial score (nSPS) is 19.7. The van der Waals surface area contributed by atoms with Gasteiger partial charge in [-0.15, -0.1) is 11.3 Å². The summed E-state index contributed by atoms with van der Waals surface area (Å²) in [5.41, 5.74) is 12.1. The number of likely N-dealkylation sites (tertiary alicyclic amines) is 1. The highest BCUT2D eigenvalue weighted by Gasteiger charge is 2.44. The zero-order chi connectivity index (χ0) is 57.8. The Morgan fingerprint density at radius 3 is 2.41 bits per heavy atom. The Kier molecular flexibility index (Phi) is 17.3. The van der Waals surface area contributed by atoms with E-state index in [1.165, 1.54) is 17.0 Å². The largest absolute Gasteiger partial charge is 0.416 e. The fourth-order valence-corrected chi connectivity index (χ4v) is 11.5. The summed E-state index contributed by atoms with van der Waals surface area (Å²) in [6, 6.07) is 13.3. The lowest BCUT2D eigenvalue weighted by Gasteiger charge is -2.35. The van der Waals surface area contributed by atoms with Gasteiger partial charge in [-0.2, -0.15) is 18.3 Å². The van der Waals surface area contributed by atoms with E-state index in [2.05, 4.69) is 36.2 Å². The number of nitrogen functional groups attached to an aromatic ring is 1. The minimum absolute atomic E-state index is 0.0146. The van der Waals surface area contributed by atoms with Crippen LogP contribution in [0.3, 0.4) is 0 Å². The molecule has 0 unspecified atom stereocenters. The van der Waals surface area contributed by atoms with Crippen LogP contribution in [0.5, 0.6) is 0 Å². The number of aliphatic hydroxyl groups excluding tert-OH is 1. The Bertz CT molecular complexity index is 3360. The van der Waals surface area contributed by atoms with E-state index in [4.69, 9.17) is 10.8 Å². The van der Waals surface area contributed by atoms with Crippen LogP contribution in [0.2, 0.25) is 0 Å². The molecule has 6 aromatic rings. The van der Waals surface area contributed by atoms with E-state index in [-0.39, 0.29) is 93.0 Å². The van der Waals surface area contributed by atoms with Gasteiger partial charge in [-0.1, -0.05) is 69.3 Å². The fourth-order valence-electron chi connectivity index (χ4n) is 10.7. The maximum atomic E-state index is 14.3. The third-order valence-electron chi connectivity index (χ3n) is 15.0. The quantitative estimate of drug-likeness (QED) is 0.0692. The number of carbonyl (C=O) groups is 6. The molecule has 2 fully saturated rings. The Morgan fingerprint density at radius 2 is 1.69 bits per heavy atom. The monoisotopic (exact) mass is 1130 g/mol. The number of aryl methyl sites for hydroxylation is 1. The van der Waals surface area contributed by atoms with Gasteiger partial charge in [-0.25, -0.2) is 15.0 Å². The zero-order valence-electron chi connectivity index (χ0n) is 45.4. The molecule has 0 spiro atoms. The molecule has 9 rings (SSSR count). The summed E-state index contributed by atoms with van der Waals surface area (Å²) in [6.07, 6.45) is 3.53. The van der Waals surface area contributed by atoms with Crippen molar-refractivity contribution in [1.82, 2.24) is 50.5 Å². The molecule has 4 aromatic heterocycles. The third-order valence-corrected chi connectivity index (χ3v) is 16.0. The number of anilines is 2. The van der Waals surface area contributed by atoms with Crippen molar-refractivity contribution in [3.63, 3.8) is 0 Å². The molecule has 5 atom stereocenters. The number of aromatic nitrogens is 5. The summed E-state index contributed by atoms with van der Waals surface area (Å²) < 4.78 is 41.9. The Morgan fingerprint density at radius 1 is 0.938 bits per heavy atom. The highest BCUT2D eigenvalue weighted by molar-refractivity contribution is 7.13. The third kappa shape index (κ3) is 13.6. The van der Waals surface area contributed by atoms with Gasteiger partial charge in [0.2, 0.25) is 29.5 Å². The van der Waals surface area contributed by atoms with Crippen molar-refractivity contribution < 1.29 is 47.0 Å². The smallest absolute Gasteiger partial charge is 0.391 e. The summed E-state index contributed by atoms with van der Waals surface area (Å²) in [6.45, 7) is 7.70. The van der Waals surface area contributed by atoms with Crippen LogP contribution < -0.4 is 27.0 Å². The van der Waals surface area contributed by atoms with Gasteiger partial charge in [-0.05, 0) is 79.8 Å². The number of hydrogen-bond acceptors (Lipinski definition) is 13. The molecule has 0 radical (unpaired) electrons. The van der Waals surface area contributed by atoms with Crippen LogP contribution in [-0.4, -0.2) is 119 Å². The van der Waals surface area contributed by atoms with Gasteiger partial charge in [-0.3, -0.25) is 33.4 Å². The lowest BCUT2D eigenvalue weighted by molar-refractivity contribution is -0.144. The number of carbonyl (C=O) groups excluding carboxylic acids is 6. The van der Waals surface area contributed by atoms with Crippen LogP contribution in [-0.2, 0) is 36.7 Å². The van der Waals surface area contributed by atoms with E-state index in [0.29, 0.717) is 40.6 Å². The summed E-state index contributed by atoms with van der Waals surface area (Å²) in [5, 5.41) is 27.8. The first-order chi connectivity index (χ1) is 38.6. The number of thiazole rings is 1. The molecular weight excluding hydrogens is 1070 g/mol. The van der Waals surface area contributed by atoms with E-state index in [1.807, 2.05) is 48.0 Å². The number of nitrogens with one attached hydrogen (secondary N) is 4. The minimum Gasteiger partial charge on any atom is -0.391 e. The second kappa shape index (κ2) is 24.4. The molecule has 426 valence electrons. The number of amides is 6. The van der Waals surface area contributed by atoms with Crippen molar-refractivity contribution >= 4 is 75.4 Å². The molecule has 1 saturated heterocycles. The average molecular weight is 1130 g/mol. The van der Waals surface area contributed by atoms with Gasteiger partial charge < -0.3 is 41.9 Å². The van der Waals surface area contributed by atoms with Crippen LogP contribution in [0.1, 0.15) is 117 Å². The molecule has 7 N–H and O–H groups in total. The predicted molar refractivity (Wildman–Crippen MR) is 300 cm³/mol. The van der Waals surface area contributed by atoms with Crippen molar-refractivity contribution in [3.8, 4) is 21.7 Å². The van der Waals surface area contributed by atoms with Gasteiger partial charge >= 0.3 is 6.18 Å². The van der Waals surface area contributed by atoms with Crippen molar-refractivity contribution in [2.24, 2.45) is 5.41 Å². The number of β-amino-alcohol motifs (C(OH)–C–C–N with tert-alkyl or cyclic N) is 1. The molecule has 2 bridgehead atoms. The maximum Gasteiger partial charge on any atom is 0.416 e. The van der Waals surface area contributed by atoms with Gasteiger partial charge in [0, 0.05) is 87.0 Å². The number of aliphatic hydroxyl groups is 1. The topological polar surface area (TPSA) is 260 Å². The predicted octanol–water partition coefficient (Wildman–Crippen LogP) is 7.60. The van der Waals surface area contributed by atoms with E-state index in [9.17, 15) is 47.0 Å². The maximum absolute atomic E-state index is 14.3. The average Bonchev–Trinajstić information content (AvgIpc) is 4.40. The van der Waals surface area contributed by atoms with Crippen LogP contribution >= 0.6 is 11.3 Å². The second-order valence-corrected chi connectivity index (χ2v) is 22.8. The summed E-state index contributed by atoms with van der Waals surface area (Å²) in [7, 11) is 0. The summed E-state index contributed by atoms with van der Waals surface area (Å²) in [4.78, 5) is 99.2. The number of rotatable bonds is 12. The molecule has 2 aromatic carbocycles. The van der Waals surface area contributed by atoms with Crippen molar-refractivity contribution in [2.75, 3.05) is 30.7 Å². The molecule has 1 aliphatic carbocycles. The molecule has 1 saturated carbocycles. The number of fused-ring (bicyclic) bond motifs is 3. The van der Waals surface area contributed by atoms with Crippen molar-refractivity contribution in [1.29, 1.82) is 0 Å². The lowest BCUT2D eigenvalue weighted by atomic mass is 9.85. The van der Waals surface area contributed by atoms with Crippen LogP contribution in [0.15, 0.2) is 84.6 Å². The Hall–Kier alpha value is -8.05. The summed E-state index contributed by atoms with van der Waals surface area (Å²) >= 11 is 1.55. The number of halogens is 3. The second-order valence-electron chi connectivity index (χ2n) is 21.9. The fraction of sp³-hybridized carbons (Fsp3) is 0.414. The van der Waals surface area contributed by atoms with Crippen LogP contribution in [0.4, 0.5) is 24.8 Å². The van der Waals surface area contributed by atoms with Crippen LogP contribution in [0.25, 0.3) is 38.7 Å². The number of pyridine rings is 2. The first-order valence-corrected chi connectivity index (χ1v) is 27.9. The van der Waals surface area contributed by atoms with E-state index in [0.717, 1.165) is 59.3 Å². The first-order valence-electron chi connectivity index (χ1n) is 27.0. The number of alkyl halides is 3. The standard InChI is InChI=1S/C58H65F3N12O7S/c1-33-51(81-32-66-33)36-13-11-34(12-14-36)29-65-55(79)43-28-42(74)31-72(43)56(80)52(57(2,3)4)69-45(75)19-20-47(77)71-24-6-5-8-38-30-64-53(62)48-49(70-73(50(38)48)41-10-7-9-40(27-41)67-46(76)22-25-71)35-15-17-37(18-16-35)54(78)68-44-26-39(21-23-63-44)58(59,60)61/h5,8,11-18,21,23,26,30,32,40-43,52,74H,6-7,9-10,19-20,22,24-25,27-29,31H2,1-4H3,(H2,62,64)(H,65,79)(H,67,76)(H,69,75)(H,63,68,78)/b8-5+/t40-,41-,42-,43+,52-/m1/s1. The SMILES string of the molecule is Cc1ncsc1-c1ccc(CNC(=O)[C@@H]2C[C@@H](O)CN2C(=O)[C@@H](NC(=O)CCC(=O)N2CC/C=C/c3cnc(N)c4c(-c5ccc(C(=O)Nc6cc(C(F)(F)F)ccn6)cc5)nn(c34)[C@@H]3CCC[C@H](C3)NC(=O)CC2)C(C)(C)C)cc1. The van der Waals surface area contributed by atoms with Crippen LogP contribution in [0, 0.1) is 12.3 Å². The zero-order valence-corrected chi connectivity index (χ0v) is 46.2. The lowest BCUT2D eigenvalue weighted by Crippen LogP contribution is -2.57. The minimum atomic E-state index is -4.62. The van der Waals surface area contributed by atoms with Gasteiger partial charge in [0.1, 0.15) is 29.4 Å². The summed E-state index contributed by atoms with van der Waals surface area (Å²) in [5.74, 6) is -2.84. The van der Waals surface area contributed by atoms with Gasteiger partial charge in [0.25, 0.3) is 5.91 Å². The highest BCUT2D eigenvalue weighted by Crippen LogP contribution is 2.39. The van der Waals surface area contributed by atoms with E-state index < -0.39 is 59.0 Å². The molecule has 6 amide bonds. The number of nitrogens with zero attached hydrogens (tertiary/aromatic N) is 7. The number of nitrogens with two attached hydrogens (primary N) is 1. The molecule has 23 heteroatoms. The number of hydrogen-bond donors (Lipinski definition) is 6. The number of benzene rings is 2. The van der Waals surface area contributed by atoms with E-state index in [1.54, 1.807) is 60.8 Å². The molecule has 3 aliphatic rings. The molecule has 6 heterocycles. The molecular formula is C58H65F3N12O7S. The Labute approximate surface area is 470 Å².